The van der Waals surface area contributed by atoms with Crippen LogP contribution in [0.3, 0.4) is 0 Å². The smallest absolute Gasteiger partial charge is 0.206 e. The van der Waals surface area contributed by atoms with Crippen LogP contribution in [0.5, 0.6) is 0 Å². The summed E-state index contributed by atoms with van der Waals surface area (Å²) in [7, 11) is 0. The van der Waals surface area contributed by atoms with Gasteiger partial charge < -0.3 is 10.7 Å². The van der Waals surface area contributed by atoms with Crippen LogP contribution in [0, 0.1) is 0 Å². The Labute approximate surface area is 73.2 Å². The Hall–Kier alpha value is -1.98. The Balaban J connectivity index is 2.62. The van der Waals surface area contributed by atoms with E-state index in [4.69, 9.17) is 5.73 Å². The van der Waals surface area contributed by atoms with Crippen molar-refractivity contribution in [3.8, 4) is 0 Å². The van der Waals surface area contributed by atoms with E-state index in [-0.39, 0.29) is 12.2 Å². The number of aromatic nitrogens is 4. The maximum atomic E-state index is 10.1. The number of rotatable bonds is 2. The number of hydrogen-bond acceptors (Lipinski definition) is 5. The van der Waals surface area contributed by atoms with E-state index < -0.39 is 0 Å². The molecule has 2 rings (SSSR count). The van der Waals surface area contributed by atoms with Crippen LogP contribution < -0.4 is 5.73 Å². The normalized spacial score (nSPS) is 10.5. The van der Waals surface area contributed by atoms with Gasteiger partial charge in [-0.15, -0.1) is 0 Å². The van der Waals surface area contributed by atoms with Gasteiger partial charge in [-0.1, -0.05) is 0 Å². The lowest BCUT2D eigenvalue weighted by Gasteiger charge is -1.96. The summed E-state index contributed by atoms with van der Waals surface area (Å²) in [5.74, 6) is 0.626. The third kappa shape index (κ3) is 1.22. The minimum Gasteiger partial charge on any atom is -0.382 e. The summed E-state index contributed by atoms with van der Waals surface area (Å²) in [6.07, 6.45) is 3.22. The second-order valence-corrected chi connectivity index (χ2v) is 2.45. The van der Waals surface area contributed by atoms with Crippen molar-refractivity contribution in [2.24, 2.45) is 0 Å². The van der Waals surface area contributed by atoms with E-state index in [9.17, 15) is 4.79 Å². The van der Waals surface area contributed by atoms with Crippen LogP contribution in [0.25, 0.3) is 11.2 Å². The van der Waals surface area contributed by atoms with Gasteiger partial charge in [-0.3, -0.25) is 4.79 Å². The molecule has 0 fully saturated rings. The zero-order valence-corrected chi connectivity index (χ0v) is 6.61. The summed E-state index contributed by atoms with van der Waals surface area (Å²) in [6.45, 7) is 0. The summed E-state index contributed by atoms with van der Waals surface area (Å²) in [5.41, 5.74) is 6.63. The van der Waals surface area contributed by atoms with E-state index in [1.807, 2.05) is 0 Å². The molecule has 13 heavy (non-hydrogen) atoms. The van der Waals surface area contributed by atoms with E-state index in [1.54, 1.807) is 6.29 Å². The summed E-state index contributed by atoms with van der Waals surface area (Å²) in [6, 6.07) is 0. The van der Waals surface area contributed by atoms with Gasteiger partial charge >= 0.3 is 0 Å². The first-order chi connectivity index (χ1) is 6.31. The van der Waals surface area contributed by atoms with Crippen molar-refractivity contribution in [2.45, 2.75) is 6.42 Å². The lowest BCUT2D eigenvalue weighted by molar-refractivity contribution is 0.554. The average Bonchev–Trinajstić information content (AvgIpc) is 2.53. The predicted molar refractivity (Wildman–Crippen MR) is 45.5 cm³/mol. The molecule has 0 aromatic carbocycles. The van der Waals surface area contributed by atoms with Gasteiger partial charge in [-0.05, 0) is 0 Å². The van der Waals surface area contributed by atoms with Crippen molar-refractivity contribution in [3.63, 3.8) is 0 Å². The van der Waals surface area contributed by atoms with Crippen molar-refractivity contribution in [2.75, 3.05) is 5.73 Å². The highest BCUT2D eigenvalue weighted by molar-refractivity contribution is 5.81. The zero-order valence-electron chi connectivity index (χ0n) is 6.61. The molecular formula is C7H6N5O. The van der Waals surface area contributed by atoms with E-state index in [0.717, 1.165) is 0 Å². The predicted octanol–water partition coefficient (Wildman–Crippen LogP) is -0.413. The first kappa shape index (κ1) is 7.66. The standard InChI is InChI=1S/C7H6N5O/c8-6-5-7(10-3-9-5)12-4(11-6)1-2-13/h3H,1H2,(H3,8,9,10,11,12). The molecular weight excluding hydrogens is 170 g/mol. The molecule has 1 radical (unpaired) electrons. The van der Waals surface area contributed by atoms with Crippen LogP contribution in [0.15, 0.2) is 6.33 Å². The second-order valence-electron chi connectivity index (χ2n) is 2.45. The van der Waals surface area contributed by atoms with E-state index in [0.29, 0.717) is 17.0 Å². The monoisotopic (exact) mass is 176 g/mol. The average molecular weight is 176 g/mol. The molecule has 0 aliphatic heterocycles. The van der Waals surface area contributed by atoms with Gasteiger partial charge in [0.25, 0.3) is 0 Å². The van der Waals surface area contributed by atoms with Crippen molar-refractivity contribution in [3.05, 3.63) is 12.2 Å². The number of anilines is 1. The second kappa shape index (κ2) is 2.81. The molecule has 0 unspecified atom stereocenters. The highest BCUT2D eigenvalue weighted by atomic mass is 16.1. The largest absolute Gasteiger partial charge is 0.382 e. The lowest BCUT2D eigenvalue weighted by Crippen LogP contribution is -2.01. The molecule has 0 atom stereocenters. The SMILES string of the molecule is Nc1nc(C[C]=O)nc2[nH]cnc12. The molecule has 3 N–H and O–H groups in total. The summed E-state index contributed by atoms with van der Waals surface area (Å²) >= 11 is 0. The van der Waals surface area contributed by atoms with Crippen LogP contribution in [-0.2, 0) is 11.2 Å². The van der Waals surface area contributed by atoms with Crippen molar-refractivity contribution >= 4 is 23.3 Å². The van der Waals surface area contributed by atoms with Crippen LogP contribution in [0.1, 0.15) is 5.82 Å². The molecule has 2 aromatic rings. The minimum absolute atomic E-state index is 0.0408. The molecule has 0 aliphatic carbocycles. The summed E-state index contributed by atoms with van der Waals surface area (Å²) in [4.78, 5) is 24.7. The maximum absolute atomic E-state index is 10.1. The van der Waals surface area contributed by atoms with Gasteiger partial charge in [0.2, 0.25) is 6.29 Å². The fourth-order valence-corrected chi connectivity index (χ4v) is 1.05. The van der Waals surface area contributed by atoms with E-state index >= 15 is 0 Å². The van der Waals surface area contributed by atoms with Crippen molar-refractivity contribution < 1.29 is 4.79 Å². The van der Waals surface area contributed by atoms with Crippen LogP contribution in [-0.4, -0.2) is 26.2 Å². The molecule has 0 saturated heterocycles. The molecule has 2 heterocycles. The Morgan fingerprint density at radius 3 is 3.15 bits per heavy atom. The Morgan fingerprint density at radius 1 is 1.54 bits per heavy atom. The Morgan fingerprint density at radius 2 is 2.38 bits per heavy atom. The topological polar surface area (TPSA) is 97.5 Å². The first-order valence-corrected chi connectivity index (χ1v) is 3.61. The molecule has 6 heteroatoms. The summed E-state index contributed by atoms with van der Waals surface area (Å²) in [5, 5.41) is 0. The van der Waals surface area contributed by atoms with Crippen LogP contribution in [0.4, 0.5) is 5.82 Å². The molecule has 0 saturated carbocycles. The number of fused-ring (bicyclic) bond motifs is 1. The number of aromatic amines is 1. The van der Waals surface area contributed by atoms with E-state index in [2.05, 4.69) is 19.9 Å². The third-order valence-electron chi connectivity index (χ3n) is 1.58. The Bertz CT molecular complexity index is 449. The number of nitrogens with zero attached hydrogens (tertiary/aromatic N) is 3. The fraction of sp³-hybridized carbons (Fsp3) is 0.143. The lowest BCUT2D eigenvalue weighted by atomic mass is 10.4. The van der Waals surface area contributed by atoms with Gasteiger partial charge in [0, 0.05) is 0 Å². The zero-order chi connectivity index (χ0) is 9.26. The number of nitrogens with two attached hydrogens (primary N) is 1. The van der Waals surface area contributed by atoms with Gasteiger partial charge in [0.05, 0.1) is 12.7 Å². The quantitative estimate of drug-likeness (QED) is 0.648. The number of nitrogen functional groups attached to an aromatic ring is 1. The molecule has 0 aliphatic rings. The number of carbonyl (C=O) groups excluding carboxylic acids is 1. The molecule has 2 aromatic heterocycles. The highest BCUT2D eigenvalue weighted by Crippen LogP contribution is 2.12. The molecule has 0 bridgehead atoms. The minimum atomic E-state index is 0.0408. The van der Waals surface area contributed by atoms with Gasteiger partial charge in [-0.2, -0.15) is 0 Å². The van der Waals surface area contributed by atoms with Gasteiger partial charge in [-0.25, -0.2) is 15.0 Å². The van der Waals surface area contributed by atoms with Crippen LogP contribution >= 0.6 is 0 Å². The number of imidazole rings is 1. The number of hydrogen-bond donors (Lipinski definition) is 2. The molecule has 65 valence electrons. The van der Waals surface area contributed by atoms with Gasteiger partial charge in [0.1, 0.15) is 11.3 Å². The van der Waals surface area contributed by atoms with Crippen molar-refractivity contribution in [1.29, 1.82) is 0 Å². The van der Waals surface area contributed by atoms with E-state index in [1.165, 1.54) is 6.33 Å². The number of nitrogens with one attached hydrogen (secondary N) is 1. The van der Waals surface area contributed by atoms with Crippen molar-refractivity contribution in [1.82, 2.24) is 19.9 Å². The highest BCUT2D eigenvalue weighted by Gasteiger charge is 2.06. The maximum Gasteiger partial charge on any atom is 0.206 e. The third-order valence-corrected chi connectivity index (χ3v) is 1.58. The Kier molecular flexibility index (Phi) is 1.66. The fourth-order valence-electron chi connectivity index (χ4n) is 1.05. The van der Waals surface area contributed by atoms with Crippen LogP contribution in [0.2, 0.25) is 0 Å². The molecule has 0 spiro atoms. The molecule has 0 amide bonds. The van der Waals surface area contributed by atoms with Gasteiger partial charge in [0.15, 0.2) is 11.5 Å². The molecule has 6 nitrogen and oxygen atoms in total. The first-order valence-electron chi connectivity index (χ1n) is 3.61. The summed E-state index contributed by atoms with van der Waals surface area (Å²) < 4.78 is 0. The number of H-pyrrole nitrogens is 1.